The molecule has 1 fully saturated rings. The second-order valence-electron chi connectivity index (χ2n) is 11.8. The first-order valence-electron chi connectivity index (χ1n) is 14.2. The molecule has 3 N–H and O–H groups in total. The highest BCUT2D eigenvalue weighted by Gasteiger charge is 2.37. The van der Waals surface area contributed by atoms with Crippen LogP contribution in [0.25, 0.3) is 0 Å². The summed E-state index contributed by atoms with van der Waals surface area (Å²) in [4.78, 5) is 63.4. The number of nitrogens with one attached hydrogen (secondary N) is 3. The molecule has 1 saturated heterocycles. The van der Waals surface area contributed by atoms with Crippen molar-refractivity contribution < 1.29 is 28.7 Å². The van der Waals surface area contributed by atoms with Gasteiger partial charge in [0, 0.05) is 35.7 Å². The Hall–Kier alpha value is -4.52. The van der Waals surface area contributed by atoms with Crippen LogP contribution >= 0.6 is 11.3 Å². The lowest BCUT2D eigenvalue weighted by Crippen LogP contribution is -2.61. The van der Waals surface area contributed by atoms with E-state index in [1.54, 1.807) is 25.7 Å². The molecular weight excluding hydrogens is 584 g/mol. The number of carbonyl (C=O) groups is 4. The second-order valence-corrected chi connectivity index (χ2v) is 12.7. The number of methoxy groups -OCH3 is 1. The highest BCUT2D eigenvalue weighted by molar-refractivity contribution is 7.09. The van der Waals surface area contributed by atoms with Crippen molar-refractivity contribution in [3.8, 4) is 5.88 Å². The van der Waals surface area contributed by atoms with Crippen molar-refractivity contribution >= 4 is 35.2 Å². The molecule has 2 atom stereocenters. The topological polar surface area (TPSA) is 152 Å². The van der Waals surface area contributed by atoms with Crippen LogP contribution in [-0.4, -0.2) is 63.5 Å². The van der Waals surface area contributed by atoms with Crippen molar-refractivity contribution in [2.75, 3.05) is 13.7 Å². The average Bonchev–Trinajstić information content (AvgIpc) is 3.63. The fraction of sp³-hybridized carbons (Fsp3) is 0.419. The molecule has 2 aromatic heterocycles. The number of benzene rings is 1. The molecule has 1 aromatic carbocycles. The minimum atomic E-state index is -1.50. The van der Waals surface area contributed by atoms with E-state index in [0.29, 0.717) is 6.54 Å². The predicted octanol–water partition coefficient (Wildman–Crippen LogP) is 4.12. The van der Waals surface area contributed by atoms with Gasteiger partial charge in [0.05, 0.1) is 13.2 Å². The maximum absolute atomic E-state index is 13.6. The van der Waals surface area contributed by atoms with Gasteiger partial charge in [-0.25, -0.2) is 14.8 Å². The van der Waals surface area contributed by atoms with E-state index in [0.717, 1.165) is 29.1 Å². The molecule has 4 amide bonds. The number of hydrogen-bond donors (Lipinski definition) is 3. The monoisotopic (exact) mass is 622 g/mol. The third kappa shape index (κ3) is 8.10. The molecule has 0 bridgehead atoms. The number of nitrogens with zero attached hydrogens (tertiary/aromatic N) is 3. The summed E-state index contributed by atoms with van der Waals surface area (Å²) < 4.78 is 10.7. The molecular formula is C31H38N6O6S. The van der Waals surface area contributed by atoms with Crippen LogP contribution < -0.4 is 20.9 Å². The molecule has 2 unspecified atom stereocenters. The van der Waals surface area contributed by atoms with E-state index in [1.807, 2.05) is 42.6 Å². The third-order valence-corrected chi connectivity index (χ3v) is 7.96. The zero-order valence-electron chi connectivity index (χ0n) is 25.7. The summed E-state index contributed by atoms with van der Waals surface area (Å²) in [5.41, 5.74) is 4.21. The van der Waals surface area contributed by atoms with Crippen molar-refractivity contribution in [3.63, 3.8) is 0 Å². The van der Waals surface area contributed by atoms with Gasteiger partial charge in [0.2, 0.25) is 5.88 Å². The Morgan fingerprint density at radius 2 is 1.77 bits per heavy atom. The summed E-state index contributed by atoms with van der Waals surface area (Å²) in [7, 11) is 1.38. The highest BCUT2D eigenvalue weighted by Crippen LogP contribution is 2.35. The maximum Gasteiger partial charge on any atom is 0.408 e. The first-order chi connectivity index (χ1) is 20.8. The Balaban J connectivity index is 1.51. The van der Waals surface area contributed by atoms with Crippen LogP contribution in [-0.2, 0) is 16.0 Å². The van der Waals surface area contributed by atoms with Crippen molar-refractivity contribution in [1.29, 1.82) is 0 Å². The fourth-order valence-corrected chi connectivity index (χ4v) is 5.78. The molecule has 234 valence electrons. The molecule has 1 aliphatic heterocycles. The number of carbonyl (C=O) groups excluding carboxylic acids is 4. The Morgan fingerprint density at radius 1 is 1.05 bits per heavy atom. The van der Waals surface area contributed by atoms with Crippen molar-refractivity contribution in [1.82, 2.24) is 31.0 Å². The molecule has 13 heteroatoms. The Kier molecular flexibility index (Phi) is 9.88. The van der Waals surface area contributed by atoms with Gasteiger partial charge in [0.25, 0.3) is 17.7 Å². The molecule has 1 aliphatic rings. The quantitative estimate of drug-likeness (QED) is 0.318. The molecule has 12 nitrogen and oxygen atoms in total. The lowest BCUT2D eigenvalue weighted by Gasteiger charge is -2.31. The van der Waals surface area contributed by atoms with Crippen LogP contribution in [0.5, 0.6) is 5.88 Å². The maximum atomic E-state index is 13.6. The van der Waals surface area contributed by atoms with Gasteiger partial charge >= 0.3 is 6.09 Å². The van der Waals surface area contributed by atoms with E-state index < -0.39 is 29.0 Å². The van der Waals surface area contributed by atoms with Gasteiger partial charge in [-0.3, -0.25) is 25.2 Å². The summed E-state index contributed by atoms with van der Waals surface area (Å²) in [6, 6.07) is 11.8. The van der Waals surface area contributed by atoms with Crippen molar-refractivity contribution in [3.05, 3.63) is 75.4 Å². The lowest BCUT2D eigenvalue weighted by molar-refractivity contribution is -0.127. The Bertz CT molecular complexity index is 1520. The SMILES string of the molecule is COc1cc(C(=O)N2CCCC2c2nc(C)cs2)cc(C(=O)NNC(=O)C(C)(Cc2ccccc2)NC(=O)OC(C)(C)C)n1. The van der Waals surface area contributed by atoms with Crippen LogP contribution in [0.15, 0.2) is 47.8 Å². The molecule has 4 rings (SSSR count). The minimum Gasteiger partial charge on any atom is -0.481 e. The summed E-state index contributed by atoms with van der Waals surface area (Å²) in [5, 5.41) is 5.46. The Morgan fingerprint density at radius 3 is 2.41 bits per heavy atom. The standard InChI is InChI=1S/C31H38N6O6S/c1-19-18-44-26(32-19)23-13-10-14-37(23)27(39)21-15-22(33-24(16-21)42-6)25(38)35-36-28(40)31(5,17-20-11-8-7-9-12-20)34-29(41)43-30(2,3)4/h7-9,11-12,15-16,18,23H,10,13-14,17H2,1-6H3,(H,34,41)(H,35,38)(H,36,40). The molecule has 0 aliphatic carbocycles. The van der Waals surface area contributed by atoms with Crippen LogP contribution in [0.4, 0.5) is 4.79 Å². The summed E-state index contributed by atoms with van der Waals surface area (Å²) >= 11 is 1.52. The second kappa shape index (κ2) is 13.4. The van der Waals surface area contributed by atoms with Gasteiger partial charge in [0.1, 0.15) is 21.8 Å². The van der Waals surface area contributed by atoms with Gasteiger partial charge < -0.3 is 19.7 Å². The number of thiazole rings is 1. The van der Waals surface area contributed by atoms with Crippen LogP contribution in [0.2, 0.25) is 0 Å². The number of hydrazine groups is 1. The number of hydrogen-bond acceptors (Lipinski definition) is 9. The van der Waals surface area contributed by atoms with Crippen LogP contribution in [0, 0.1) is 6.92 Å². The highest BCUT2D eigenvalue weighted by atomic mass is 32.1. The van der Waals surface area contributed by atoms with E-state index in [4.69, 9.17) is 9.47 Å². The zero-order valence-corrected chi connectivity index (χ0v) is 26.5. The smallest absolute Gasteiger partial charge is 0.408 e. The zero-order chi connectivity index (χ0) is 32.1. The molecule has 3 aromatic rings. The number of aromatic nitrogens is 2. The molecule has 0 spiro atoms. The average molecular weight is 623 g/mol. The lowest BCUT2D eigenvalue weighted by atomic mass is 9.92. The number of rotatable bonds is 8. The molecule has 0 radical (unpaired) electrons. The van der Waals surface area contributed by atoms with Crippen LogP contribution in [0.3, 0.4) is 0 Å². The van der Waals surface area contributed by atoms with Crippen LogP contribution in [0.1, 0.15) is 83.7 Å². The van der Waals surface area contributed by atoms with E-state index in [9.17, 15) is 19.2 Å². The predicted molar refractivity (Wildman–Crippen MR) is 164 cm³/mol. The van der Waals surface area contributed by atoms with Gasteiger partial charge in [0.15, 0.2) is 0 Å². The van der Waals surface area contributed by atoms with Gasteiger partial charge in [-0.2, -0.15) is 0 Å². The number of pyridine rings is 1. The van der Waals surface area contributed by atoms with Gasteiger partial charge in [-0.05, 0) is 59.1 Å². The number of likely N-dealkylation sites (tertiary alicyclic amines) is 1. The minimum absolute atomic E-state index is 0.0636. The number of aryl methyl sites for hydroxylation is 1. The molecule has 44 heavy (non-hydrogen) atoms. The molecule has 0 saturated carbocycles. The van der Waals surface area contributed by atoms with Crippen molar-refractivity contribution in [2.24, 2.45) is 0 Å². The summed E-state index contributed by atoms with van der Waals surface area (Å²) in [5.74, 6) is -1.69. The molecule has 3 heterocycles. The summed E-state index contributed by atoms with van der Waals surface area (Å²) in [6.45, 7) is 9.13. The van der Waals surface area contributed by atoms with Gasteiger partial charge in [-0.1, -0.05) is 30.3 Å². The largest absolute Gasteiger partial charge is 0.481 e. The number of alkyl carbamates (subject to hydrolysis) is 1. The van der Waals surface area contributed by atoms with E-state index in [1.165, 1.54) is 37.5 Å². The first-order valence-corrected chi connectivity index (χ1v) is 15.1. The van der Waals surface area contributed by atoms with E-state index in [2.05, 4.69) is 26.1 Å². The Labute approximate surface area is 260 Å². The fourth-order valence-electron chi connectivity index (χ4n) is 4.84. The number of amides is 4. The number of ether oxygens (including phenoxy) is 2. The van der Waals surface area contributed by atoms with Crippen molar-refractivity contribution in [2.45, 2.75) is 71.1 Å². The van der Waals surface area contributed by atoms with Gasteiger partial charge in [-0.15, -0.1) is 11.3 Å². The normalized spacial score (nSPS) is 16.0. The first kappa shape index (κ1) is 32.4. The summed E-state index contributed by atoms with van der Waals surface area (Å²) in [6.07, 6.45) is 0.943. The third-order valence-electron chi connectivity index (χ3n) is 6.89. The van der Waals surface area contributed by atoms with E-state index in [-0.39, 0.29) is 35.5 Å². The van der Waals surface area contributed by atoms with E-state index >= 15 is 0 Å².